The number of amides is 2. The van der Waals surface area contributed by atoms with Crippen molar-refractivity contribution in [1.29, 1.82) is 0 Å². The van der Waals surface area contributed by atoms with E-state index in [0.29, 0.717) is 32.6 Å². The molecule has 2 amide bonds. The molecule has 0 spiro atoms. The lowest BCUT2D eigenvalue weighted by molar-refractivity contribution is -0.141. The maximum Gasteiger partial charge on any atom is 0.326 e. The van der Waals surface area contributed by atoms with Gasteiger partial charge in [0.15, 0.2) is 0 Å². The van der Waals surface area contributed by atoms with Crippen LogP contribution in [0.5, 0.6) is 0 Å². The summed E-state index contributed by atoms with van der Waals surface area (Å²) in [5.41, 5.74) is 0. The van der Waals surface area contributed by atoms with Gasteiger partial charge in [0.2, 0.25) is 0 Å². The standard InChI is InChI=1S/C12H16N4O3/c17-11(18)9-2-1-4-16(9)12(19)15-7-6-14-5-3-13-10(14)8-15/h3,5,9H,1-2,4,6-8H2,(H,17,18). The largest absolute Gasteiger partial charge is 0.480 e. The van der Waals surface area contributed by atoms with Crippen LogP contribution in [0.25, 0.3) is 0 Å². The molecule has 1 fully saturated rings. The highest BCUT2D eigenvalue weighted by Crippen LogP contribution is 2.21. The second-order valence-electron chi connectivity index (χ2n) is 4.93. The van der Waals surface area contributed by atoms with E-state index in [9.17, 15) is 9.59 Å². The number of urea groups is 1. The molecule has 1 atom stereocenters. The van der Waals surface area contributed by atoms with Crippen molar-refractivity contribution in [3.05, 3.63) is 18.2 Å². The molecule has 1 N–H and O–H groups in total. The Hall–Kier alpha value is -2.05. The summed E-state index contributed by atoms with van der Waals surface area (Å²) in [6.07, 6.45) is 4.92. The van der Waals surface area contributed by atoms with E-state index < -0.39 is 12.0 Å². The topological polar surface area (TPSA) is 78.7 Å². The second kappa shape index (κ2) is 4.56. The summed E-state index contributed by atoms with van der Waals surface area (Å²) >= 11 is 0. The number of carbonyl (C=O) groups excluding carboxylic acids is 1. The monoisotopic (exact) mass is 264 g/mol. The molecule has 0 aromatic carbocycles. The number of carboxylic acid groups (broad SMARTS) is 1. The summed E-state index contributed by atoms with van der Waals surface area (Å²) in [6, 6.07) is -0.853. The minimum absolute atomic E-state index is 0.181. The van der Waals surface area contributed by atoms with Gasteiger partial charge in [-0.3, -0.25) is 0 Å². The smallest absolute Gasteiger partial charge is 0.326 e. The van der Waals surface area contributed by atoms with Gasteiger partial charge < -0.3 is 19.5 Å². The molecule has 2 aliphatic rings. The van der Waals surface area contributed by atoms with Crippen LogP contribution in [0.15, 0.2) is 12.4 Å². The van der Waals surface area contributed by atoms with Gasteiger partial charge in [0.25, 0.3) is 0 Å². The Morgan fingerprint density at radius 3 is 2.95 bits per heavy atom. The number of carbonyl (C=O) groups is 2. The molecule has 1 unspecified atom stereocenters. The van der Waals surface area contributed by atoms with Crippen molar-refractivity contribution in [2.45, 2.75) is 32.0 Å². The van der Waals surface area contributed by atoms with Crippen LogP contribution in [0.4, 0.5) is 4.79 Å². The lowest BCUT2D eigenvalue weighted by Crippen LogP contribution is -2.50. The second-order valence-corrected chi connectivity index (χ2v) is 4.93. The van der Waals surface area contributed by atoms with E-state index in [1.54, 1.807) is 11.1 Å². The predicted octanol–water partition coefficient (Wildman–Crippen LogP) is 0.368. The van der Waals surface area contributed by atoms with Crippen LogP contribution < -0.4 is 0 Å². The lowest BCUT2D eigenvalue weighted by atomic mass is 10.2. The SMILES string of the molecule is O=C(O)C1CCCN1C(=O)N1CCn2ccnc2C1. The fourth-order valence-electron chi connectivity index (χ4n) is 2.77. The van der Waals surface area contributed by atoms with Gasteiger partial charge in [-0.15, -0.1) is 0 Å². The predicted molar refractivity (Wildman–Crippen MR) is 65.4 cm³/mol. The molecule has 0 radical (unpaired) electrons. The number of rotatable bonds is 1. The zero-order chi connectivity index (χ0) is 13.4. The summed E-state index contributed by atoms with van der Waals surface area (Å²) < 4.78 is 2.02. The molecule has 102 valence electrons. The van der Waals surface area contributed by atoms with E-state index in [4.69, 9.17) is 5.11 Å². The summed E-state index contributed by atoms with van der Waals surface area (Å²) in [5.74, 6) is -0.0602. The van der Waals surface area contributed by atoms with Gasteiger partial charge in [-0.1, -0.05) is 0 Å². The van der Waals surface area contributed by atoms with Crippen LogP contribution in [0, 0.1) is 0 Å². The molecule has 1 aromatic heterocycles. The average molecular weight is 264 g/mol. The number of aromatic nitrogens is 2. The first kappa shape index (κ1) is 12.0. The van der Waals surface area contributed by atoms with Crippen molar-refractivity contribution >= 4 is 12.0 Å². The first-order chi connectivity index (χ1) is 9.16. The molecule has 2 aliphatic heterocycles. The van der Waals surface area contributed by atoms with Gasteiger partial charge >= 0.3 is 12.0 Å². The van der Waals surface area contributed by atoms with Crippen molar-refractivity contribution in [1.82, 2.24) is 19.4 Å². The Labute approximate surface area is 110 Å². The number of hydrogen-bond acceptors (Lipinski definition) is 3. The van der Waals surface area contributed by atoms with Crippen molar-refractivity contribution < 1.29 is 14.7 Å². The van der Waals surface area contributed by atoms with E-state index in [1.165, 1.54) is 4.90 Å². The lowest BCUT2D eigenvalue weighted by Gasteiger charge is -2.33. The summed E-state index contributed by atoms with van der Waals surface area (Å²) in [4.78, 5) is 30.9. The van der Waals surface area contributed by atoms with Gasteiger partial charge in [-0.25, -0.2) is 14.6 Å². The van der Waals surface area contributed by atoms with Crippen LogP contribution in [-0.4, -0.2) is 55.6 Å². The van der Waals surface area contributed by atoms with Crippen molar-refractivity contribution in [3.63, 3.8) is 0 Å². The zero-order valence-corrected chi connectivity index (χ0v) is 10.5. The van der Waals surface area contributed by atoms with E-state index >= 15 is 0 Å². The van der Waals surface area contributed by atoms with E-state index in [0.717, 1.165) is 12.2 Å². The number of carboxylic acids is 1. The van der Waals surface area contributed by atoms with Gasteiger partial charge in [-0.05, 0) is 12.8 Å². The Bertz CT molecular complexity index is 513. The number of fused-ring (bicyclic) bond motifs is 1. The fourth-order valence-corrected chi connectivity index (χ4v) is 2.77. The minimum Gasteiger partial charge on any atom is -0.480 e. The third kappa shape index (κ3) is 2.05. The number of likely N-dealkylation sites (tertiary alicyclic amines) is 1. The number of imidazole rings is 1. The molecule has 0 bridgehead atoms. The van der Waals surface area contributed by atoms with Gasteiger partial charge in [-0.2, -0.15) is 0 Å². The summed E-state index contributed by atoms with van der Waals surface area (Å²) in [7, 11) is 0. The molecular formula is C12H16N4O3. The number of aliphatic carboxylic acids is 1. The molecule has 0 aliphatic carbocycles. The molecule has 7 heteroatoms. The van der Waals surface area contributed by atoms with E-state index in [2.05, 4.69) is 4.98 Å². The first-order valence-electron chi connectivity index (χ1n) is 6.45. The van der Waals surface area contributed by atoms with E-state index in [-0.39, 0.29) is 6.03 Å². The highest BCUT2D eigenvalue weighted by Gasteiger charge is 2.37. The molecule has 7 nitrogen and oxygen atoms in total. The maximum absolute atomic E-state index is 12.4. The Morgan fingerprint density at radius 2 is 2.16 bits per heavy atom. The Morgan fingerprint density at radius 1 is 1.32 bits per heavy atom. The molecule has 3 heterocycles. The van der Waals surface area contributed by atoms with Gasteiger partial charge in [0.1, 0.15) is 11.9 Å². The summed E-state index contributed by atoms with van der Waals surface area (Å²) in [5, 5.41) is 9.13. The molecule has 19 heavy (non-hydrogen) atoms. The van der Waals surface area contributed by atoms with Gasteiger partial charge in [0, 0.05) is 32.0 Å². The highest BCUT2D eigenvalue weighted by atomic mass is 16.4. The van der Waals surface area contributed by atoms with Crippen LogP contribution >= 0.6 is 0 Å². The van der Waals surface area contributed by atoms with Crippen LogP contribution in [-0.2, 0) is 17.9 Å². The first-order valence-corrected chi connectivity index (χ1v) is 6.45. The number of hydrogen-bond donors (Lipinski definition) is 1. The molecular weight excluding hydrogens is 248 g/mol. The van der Waals surface area contributed by atoms with Crippen LogP contribution in [0.3, 0.4) is 0 Å². The highest BCUT2D eigenvalue weighted by molar-refractivity contribution is 5.83. The Balaban J connectivity index is 1.73. The van der Waals surface area contributed by atoms with Crippen LogP contribution in [0.1, 0.15) is 18.7 Å². The Kier molecular flexibility index (Phi) is 2.88. The van der Waals surface area contributed by atoms with Gasteiger partial charge in [0.05, 0.1) is 6.54 Å². The molecule has 1 saturated heterocycles. The number of nitrogens with zero attached hydrogens (tertiary/aromatic N) is 4. The van der Waals surface area contributed by atoms with Crippen molar-refractivity contribution in [3.8, 4) is 0 Å². The molecule has 1 aromatic rings. The average Bonchev–Trinajstić information content (AvgIpc) is 3.05. The van der Waals surface area contributed by atoms with Crippen LogP contribution in [0.2, 0.25) is 0 Å². The molecule has 0 saturated carbocycles. The van der Waals surface area contributed by atoms with Crippen molar-refractivity contribution in [2.75, 3.05) is 13.1 Å². The van der Waals surface area contributed by atoms with E-state index in [1.807, 2.05) is 10.8 Å². The quantitative estimate of drug-likeness (QED) is 0.794. The fraction of sp³-hybridized carbons (Fsp3) is 0.583. The van der Waals surface area contributed by atoms with Crippen molar-refractivity contribution in [2.24, 2.45) is 0 Å². The maximum atomic E-state index is 12.4. The molecule has 3 rings (SSSR count). The summed E-state index contributed by atoms with van der Waals surface area (Å²) in [6.45, 7) is 2.30. The zero-order valence-electron chi connectivity index (χ0n) is 10.5. The third-order valence-electron chi connectivity index (χ3n) is 3.80. The minimum atomic E-state index is -0.913. The normalized spacial score (nSPS) is 22.4. The third-order valence-corrected chi connectivity index (χ3v) is 3.80.